The molecular formula is C20H22F3N3O4. The van der Waals surface area contributed by atoms with Crippen LogP contribution in [-0.4, -0.2) is 24.4 Å². The molecule has 0 bridgehead atoms. The SMILES string of the molecule is CCCOc1cc(OCCC)c([N+](=O)[O-])cc1C=NNc1cccc(C(F)(F)F)c1. The van der Waals surface area contributed by atoms with Crippen molar-refractivity contribution in [3.63, 3.8) is 0 Å². The van der Waals surface area contributed by atoms with Gasteiger partial charge in [-0.3, -0.25) is 15.5 Å². The second kappa shape index (κ2) is 10.5. The molecule has 0 aliphatic rings. The number of hydrogen-bond donors (Lipinski definition) is 1. The van der Waals surface area contributed by atoms with Crippen LogP contribution < -0.4 is 14.9 Å². The van der Waals surface area contributed by atoms with Gasteiger partial charge in [-0.15, -0.1) is 0 Å². The lowest BCUT2D eigenvalue weighted by atomic mass is 10.1. The topological polar surface area (TPSA) is 86.0 Å². The molecule has 2 aromatic rings. The van der Waals surface area contributed by atoms with Crippen LogP contribution in [0.3, 0.4) is 0 Å². The quantitative estimate of drug-likeness (QED) is 0.303. The van der Waals surface area contributed by atoms with E-state index in [-0.39, 0.29) is 17.1 Å². The summed E-state index contributed by atoms with van der Waals surface area (Å²) in [5.74, 6) is 0.402. The summed E-state index contributed by atoms with van der Waals surface area (Å²) in [6.07, 6.45) is -1.84. The van der Waals surface area contributed by atoms with E-state index < -0.39 is 16.7 Å². The van der Waals surface area contributed by atoms with Gasteiger partial charge in [-0.05, 0) is 31.0 Å². The summed E-state index contributed by atoms with van der Waals surface area (Å²) in [7, 11) is 0. The summed E-state index contributed by atoms with van der Waals surface area (Å²) < 4.78 is 49.5. The third-order valence-electron chi connectivity index (χ3n) is 3.80. The third kappa shape index (κ3) is 6.36. The standard InChI is InChI=1S/C20H22F3N3O4/c1-3-8-29-18-12-19(30-9-4-2)17(26(27)28)10-14(18)13-24-25-16-7-5-6-15(11-16)20(21,22)23/h5-7,10-13,25H,3-4,8-9H2,1-2H3. The van der Waals surface area contributed by atoms with E-state index in [1.807, 2.05) is 13.8 Å². The minimum Gasteiger partial charge on any atom is -0.493 e. The number of ether oxygens (including phenoxy) is 2. The number of hydrogen-bond acceptors (Lipinski definition) is 6. The number of hydrazone groups is 1. The minimum atomic E-state index is -4.47. The summed E-state index contributed by atoms with van der Waals surface area (Å²) >= 11 is 0. The zero-order valence-electron chi connectivity index (χ0n) is 16.5. The molecule has 0 heterocycles. The van der Waals surface area contributed by atoms with Gasteiger partial charge >= 0.3 is 11.9 Å². The number of benzene rings is 2. The second-order valence-electron chi connectivity index (χ2n) is 6.26. The van der Waals surface area contributed by atoms with Gasteiger partial charge in [0.2, 0.25) is 5.75 Å². The Hall–Kier alpha value is -3.30. The van der Waals surface area contributed by atoms with Gasteiger partial charge in [-0.25, -0.2) is 0 Å². The summed E-state index contributed by atoms with van der Waals surface area (Å²) in [4.78, 5) is 10.8. The Morgan fingerprint density at radius 2 is 1.77 bits per heavy atom. The van der Waals surface area contributed by atoms with Crippen molar-refractivity contribution in [1.82, 2.24) is 0 Å². The highest BCUT2D eigenvalue weighted by molar-refractivity contribution is 5.86. The second-order valence-corrected chi connectivity index (χ2v) is 6.26. The Morgan fingerprint density at radius 1 is 1.10 bits per heavy atom. The molecule has 0 spiro atoms. The first kappa shape index (κ1) is 23.0. The first-order valence-corrected chi connectivity index (χ1v) is 9.30. The monoisotopic (exact) mass is 425 g/mol. The molecule has 10 heteroatoms. The van der Waals surface area contributed by atoms with Gasteiger partial charge in [0.05, 0.1) is 35.6 Å². The van der Waals surface area contributed by atoms with Crippen LogP contribution in [0.25, 0.3) is 0 Å². The molecule has 0 aliphatic carbocycles. The van der Waals surface area contributed by atoms with Crippen LogP contribution in [0.1, 0.15) is 37.8 Å². The molecule has 7 nitrogen and oxygen atoms in total. The van der Waals surface area contributed by atoms with Gasteiger partial charge in [0.25, 0.3) is 0 Å². The summed E-state index contributed by atoms with van der Waals surface area (Å²) in [6, 6.07) is 7.22. The number of halogens is 3. The first-order valence-electron chi connectivity index (χ1n) is 9.30. The molecule has 0 amide bonds. The molecule has 0 aliphatic heterocycles. The Labute approximate surface area is 171 Å². The van der Waals surface area contributed by atoms with Crippen LogP contribution in [0, 0.1) is 10.1 Å². The van der Waals surface area contributed by atoms with E-state index in [1.54, 1.807) is 0 Å². The lowest BCUT2D eigenvalue weighted by Crippen LogP contribution is -2.05. The maximum Gasteiger partial charge on any atom is 0.416 e. The fourth-order valence-corrected chi connectivity index (χ4v) is 2.42. The molecule has 0 aromatic heterocycles. The minimum absolute atomic E-state index is 0.0796. The zero-order valence-corrected chi connectivity index (χ0v) is 16.5. The molecule has 1 N–H and O–H groups in total. The van der Waals surface area contributed by atoms with Gasteiger partial charge in [0, 0.05) is 17.7 Å². The van der Waals surface area contributed by atoms with Crippen molar-refractivity contribution in [1.29, 1.82) is 0 Å². The van der Waals surface area contributed by atoms with E-state index in [0.717, 1.165) is 12.1 Å². The molecule has 0 unspecified atom stereocenters. The van der Waals surface area contributed by atoms with Crippen molar-refractivity contribution in [2.75, 3.05) is 18.6 Å². The number of nitrogens with zero attached hydrogens (tertiary/aromatic N) is 2. The molecule has 0 fully saturated rings. The van der Waals surface area contributed by atoms with Gasteiger partial charge in [-0.1, -0.05) is 19.9 Å². The number of anilines is 1. The average molecular weight is 425 g/mol. The highest BCUT2D eigenvalue weighted by Crippen LogP contribution is 2.34. The Balaban J connectivity index is 2.32. The van der Waals surface area contributed by atoms with Gasteiger partial charge < -0.3 is 9.47 Å². The summed E-state index contributed by atoms with van der Waals surface area (Å²) in [6.45, 7) is 4.45. The van der Waals surface area contributed by atoms with Crippen LogP contribution in [-0.2, 0) is 6.18 Å². The molecular weight excluding hydrogens is 403 g/mol. The Kier molecular flexibility index (Phi) is 8.02. The van der Waals surface area contributed by atoms with E-state index in [0.29, 0.717) is 37.4 Å². The third-order valence-corrected chi connectivity index (χ3v) is 3.80. The fraction of sp³-hybridized carbons (Fsp3) is 0.350. The largest absolute Gasteiger partial charge is 0.493 e. The lowest BCUT2D eigenvalue weighted by molar-refractivity contribution is -0.385. The molecule has 2 rings (SSSR count). The number of nitro benzene ring substituents is 1. The molecule has 0 radical (unpaired) electrons. The Bertz CT molecular complexity index is 901. The smallest absolute Gasteiger partial charge is 0.416 e. The zero-order chi connectivity index (χ0) is 22.1. The number of alkyl halides is 3. The van der Waals surface area contributed by atoms with Gasteiger partial charge in [0.15, 0.2) is 0 Å². The maximum absolute atomic E-state index is 12.8. The van der Waals surface area contributed by atoms with Crippen LogP contribution >= 0.6 is 0 Å². The molecule has 0 saturated heterocycles. The van der Waals surface area contributed by atoms with Crippen LogP contribution in [0.5, 0.6) is 11.5 Å². The van der Waals surface area contributed by atoms with Crippen molar-refractivity contribution in [3.8, 4) is 11.5 Å². The van der Waals surface area contributed by atoms with E-state index in [1.165, 1.54) is 30.5 Å². The number of nitrogens with one attached hydrogen (secondary N) is 1. The number of nitro groups is 1. The van der Waals surface area contributed by atoms with Crippen molar-refractivity contribution in [3.05, 3.63) is 57.6 Å². The highest BCUT2D eigenvalue weighted by atomic mass is 19.4. The molecule has 0 saturated carbocycles. The van der Waals surface area contributed by atoms with Gasteiger partial charge in [-0.2, -0.15) is 18.3 Å². The van der Waals surface area contributed by atoms with E-state index in [4.69, 9.17) is 9.47 Å². The molecule has 2 aromatic carbocycles. The van der Waals surface area contributed by atoms with Crippen molar-refractivity contribution >= 4 is 17.6 Å². The predicted octanol–water partition coefficient (Wildman–Crippen LogP) is 5.64. The van der Waals surface area contributed by atoms with Crippen molar-refractivity contribution in [2.45, 2.75) is 32.9 Å². The van der Waals surface area contributed by atoms with Gasteiger partial charge in [0.1, 0.15) is 5.75 Å². The highest BCUT2D eigenvalue weighted by Gasteiger charge is 2.30. The Morgan fingerprint density at radius 3 is 2.37 bits per heavy atom. The van der Waals surface area contributed by atoms with E-state index >= 15 is 0 Å². The van der Waals surface area contributed by atoms with Crippen LogP contribution in [0.4, 0.5) is 24.5 Å². The van der Waals surface area contributed by atoms with E-state index in [9.17, 15) is 23.3 Å². The fourth-order valence-electron chi connectivity index (χ4n) is 2.42. The average Bonchev–Trinajstić information content (AvgIpc) is 2.70. The van der Waals surface area contributed by atoms with Crippen LogP contribution in [0.15, 0.2) is 41.5 Å². The first-order chi connectivity index (χ1) is 14.3. The predicted molar refractivity (Wildman–Crippen MR) is 107 cm³/mol. The summed E-state index contributed by atoms with van der Waals surface area (Å²) in [5, 5.41) is 15.3. The molecule has 0 atom stereocenters. The van der Waals surface area contributed by atoms with E-state index in [2.05, 4.69) is 10.5 Å². The summed E-state index contributed by atoms with van der Waals surface area (Å²) in [5.41, 5.74) is 1.84. The number of rotatable bonds is 10. The molecule has 30 heavy (non-hydrogen) atoms. The van der Waals surface area contributed by atoms with Crippen molar-refractivity contribution in [2.24, 2.45) is 5.10 Å². The van der Waals surface area contributed by atoms with Crippen molar-refractivity contribution < 1.29 is 27.6 Å². The van der Waals surface area contributed by atoms with Crippen LogP contribution in [0.2, 0.25) is 0 Å². The molecule has 162 valence electrons. The normalized spacial score (nSPS) is 11.5. The lowest BCUT2D eigenvalue weighted by Gasteiger charge is -2.12. The maximum atomic E-state index is 12.8.